The van der Waals surface area contributed by atoms with Gasteiger partial charge in [0.05, 0.1) is 18.2 Å². The molecule has 3 nitrogen and oxygen atoms in total. The van der Waals surface area contributed by atoms with E-state index in [-0.39, 0.29) is 17.2 Å². The number of likely N-dealkylation sites (tertiary alicyclic amines) is 1. The van der Waals surface area contributed by atoms with Crippen molar-refractivity contribution in [2.75, 3.05) is 7.11 Å². The van der Waals surface area contributed by atoms with E-state index >= 15 is 0 Å². The molecular weight excluding hydrogens is 338 g/mol. The van der Waals surface area contributed by atoms with Crippen LogP contribution in [0, 0.1) is 0 Å². The standard InChI is InChI=1S/C11H15Br2NO2/c1-16-9(15)14-10-3-2-4-11(10,14)6-8(13)7(12)5-10/h7-8H,2-6H2,1H3/t7-,8-,10-,11+,14?/m1/s1. The predicted molar refractivity (Wildman–Crippen MR) is 68.2 cm³/mol. The third-order valence-corrected chi connectivity index (χ3v) is 7.30. The summed E-state index contributed by atoms with van der Waals surface area (Å²) in [6.07, 6.45) is 5.50. The van der Waals surface area contributed by atoms with Crippen LogP contribution < -0.4 is 0 Å². The lowest BCUT2D eigenvalue weighted by atomic mass is 9.82. The third-order valence-electron chi connectivity index (χ3n) is 4.67. The van der Waals surface area contributed by atoms with E-state index in [1.54, 1.807) is 0 Å². The fourth-order valence-corrected chi connectivity index (χ4v) is 5.48. The predicted octanol–water partition coefficient (Wildman–Crippen LogP) is 3.05. The van der Waals surface area contributed by atoms with E-state index in [1.165, 1.54) is 13.5 Å². The van der Waals surface area contributed by atoms with Crippen LogP contribution in [0.3, 0.4) is 0 Å². The summed E-state index contributed by atoms with van der Waals surface area (Å²) in [6, 6.07) is 0. The quantitative estimate of drug-likeness (QED) is 0.495. The summed E-state index contributed by atoms with van der Waals surface area (Å²) in [4.78, 5) is 14.8. The summed E-state index contributed by atoms with van der Waals surface area (Å²) in [5, 5.41) is 0. The van der Waals surface area contributed by atoms with Gasteiger partial charge in [0.25, 0.3) is 0 Å². The topological polar surface area (TPSA) is 29.3 Å². The van der Waals surface area contributed by atoms with E-state index in [2.05, 4.69) is 31.9 Å². The molecule has 5 heteroatoms. The minimum absolute atomic E-state index is 0.110. The minimum atomic E-state index is -0.138. The summed E-state index contributed by atoms with van der Waals surface area (Å²) < 4.78 is 4.92. The molecule has 0 radical (unpaired) electrons. The first-order valence-corrected chi connectivity index (χ1v) is 7.57. The second-order valence-corrected chi connectivity index (χ2v) is 7.51. The lowest BCUT2D eigenvalue weighted by molar-refractivity contribution is 0.138. The van der Waals surface area contributed by atoms with Crippen molar-refractivity contribution in [3.63, 3.8) is 0 Å². The first kappa shape index (κ1) is 11.3. The molecule has 0 aromatic carbocycles. The molecule has 0 aromatic rings. The molecule has 2 saturated carbocycles. The summed E-state index contributed by atoms with van der Waals surface area (Å²) in [6.45, 7) is 0. The zero-order chi connectivity index (χ0) is 11.6. The molecule has 2 aliphatic carbocycles. The van der Waals surface area contributed by atoms with Crippen molar-refractivity contribution in [1.29, 1.82) is 0 Å². The number of ether oxygens (including phenoxy) is 1. The van der Waals surface area contributed by atoms with Gasteiger partial charge in [-0.3, -0.25) is 4.90 Å². The molecule has 3 rings (SSSR count). The Morgan fingerprint density at radius 2 is 1.75 bits per heavy atom. The van der Waals surface area contributed by atoms with Gasteiger partial charge in [-0.25, -0.2) is 4.79 Å². The van der Waals surface area contributed by atoms with Gasteiger partial charge in [-0.05, 0) is 32.1 Å². The molecule has 0 aromatic heterocycles. The molecule has 3 aliphatic rings. The number of carbonyl (C=O) groups is 1. The lowest BCUT2D eigenvalue weighted by Crippen LogP contribution is -2.36. The highest BCUT2D eigenvalue weighted by atomic mass is 79.9. The molecule has 3 fully saturated rings. The van der Waals surface area contributed by atoms with Crippen molar-refractivity contribution in [1.82, 2.24) is 4.90 Å². The maximum atomic E-state index is 11.8. The molecule has 0 N–H and O–H groups in total. The number of amides is 1. The number of methoxy groups -OCH3 is 1. The van der Waals surface area contributed by atoms with Crippen LogP contribution in [0.4, 0.5) is 4.79 Å². The normalized spacial score (nSPS) is 49.6. The Morgan fingerprint density at radius 1 is 1.25 bits per heavy atom. The summed E-state index contributed by atoms with van der Waals surface area (Å²) >= 11 is 7.44. The van der Waals surface area contributed by atoms with Crippen molar-refractivity contribution >= 4 is 38.0 Å². The Bertz CT molecular complexity index is 327. The van der Waals surface area contributed by atoms with Crippen LogP contribution in [-0.2, 0) is 4.74 Å². The van der Waals surface area contributed by atoms with Crippen LogP contribution in [-0.4, -0.2) is 38.8 Å². The first-order valence-electron chi connectivity index (χ1n) is 5.74. The molecule has 1 aliphatic heterocycles. The summed E-state index contributed by atoms with van der Waals surface area (Å²) in [5.74, 6) is 0. The van der Waals surface area contributed by atoms with Gasteiger partial charge in [0.15, 0.2) is 0 Å². The summed E-state index contributed by atoms with van der Waals surface area (Å²) in [5.41, 5.74) is 0.219. The van der Waals surface area contributed by atoms with E-state index in [4.69, 9.17) is 4.74 Å². The van der Waals surface area contributed by atoms with Crippen molar-refractivity contribution in [2.45, 2.75) is 52.8 Å². The van der Waals surface area contributed by atoms with Crippen molar-refractivity contribution in [3.05, 3.63) is 0 Å². The summed E-state index contributed by atoms with van der Waals surface area (Å²) in [7, 11) is 1.48. The molecule has 0 unspecified atom stereocenters. The van der Waals surface area contributed by atoms with Gasteiger partial charge in [0, 0.05) is 9.65 Å². The molecule has 1 saturated heterocycles. The average molecular weight is 353 g/mol. The number of hydrogen-bond acceptors (Lipinski definition) is 2. The first-order chi connectivity index (χ1) is 7.57. The largest absolute Gasteiger partial charge is 0.453 e. The number of hydrogen-bond donors (Lipinski definition) is 0. The van der Waals surface area contributed by atoms with Gasteiger partial charge < -0.3 is 4.74 Å². The fourth-order valence-electron chi connectivity index (χ4n) is 4.04. The van der Waals surface area contributed by atoms with Crippen LogP contribution in [0.25, 0.3) is 0 Å². The number of halogens is 2. The maximum Gasteiger partial charge on any atom is 0.410 e. The van der Waals surface area contributed by atoms with Gasteiger partial charge >= 0.3 is 6.09 Å². The van der Waals surface area contributed by atoms with Crippen LogP contribution in [0.2, 0.25) is 0 Å². The second kappa shape index (κ2) is 3.37. The SMILES string of the molecule is COC(=O)N1[C@@]23CCC[C@@]12C[C@@H](Br)[C@H](Br)C3. The minimum Gasteiger partial charge on any atom is -0.453 e. The zero-order valence-corrected chi connectivity index (χ0v) is 12.4. The lowest BCUT2D eigenvalue weighted by Gasteiger charge is -2.28. The number of nitrogens with zero attached hydrogens (tertiary/aromatic N) is 1. The molecular formula is C11H15Br2NO2. The van der Waals surface area contributed by atoms with Crippen molar-refractivity contribution < 1.29 is 9.53 Å². The van der Waals surface area contributed by atoms with E-state index in [0.29, 0.717) is 9.65 Å². The second-order valence-electron chi connectivity index (χ2n) is 5.16. The third kappa shape index (κ3) is 1.12. The van der Waals surface area contributed by atoms with Gasteiger partial charge in [0.1, 0.15) is 0 Å². The number of piperidine rings is 1. The zero-order valence-electron chi connectivity index (χ0n) is 9.21. The molecule has 0 spiro atoms. The van der Waals surface area contributed by atoms with Crippen LogP contribution in [0.15, 0.2) is 0 Å². The molecule has 4 atom stereocenters. The number of alkyl halides is 2. The highest BCUT2D eigenvalue weighted by Gasteiger charge is 2.81. The molecule has 1 heterocycles. The highest BCUT2D eigenvalue weighted by Crippen LogP contribution is 2.70. The number of rotatable bonds is 0. The van der Waals surface area contributed by atoms with Crippen LogP contribution >= 0.6 is 31.9 Å². The molecule has 16 heavy (non-hydrogen) atoms. The Hall–Kier alpha value is 0.230. The molecule has 0 bridgehead atoms. The Balaban J connectivity index is 1.93. The van der Waals surface area contributed by atoms with Gasteiger partial charge in [-0.1, -0.05) is 31.9 Å². The van der Waals surface area contributed by atoms with Gasteiger partial charge in [-0.2, -0.15) is 0 Å². The maximum absolute atomic E-state index is 11.8. The fraction of sp³-hybridized carbons (Fsp3) is 0.909. The average Bonchev–Trinajstić information content (AvgIpc) is 2.60. The van der Waals surface area contributed by atoms with E-state index in [9.17, 15) is 4.79 Å². The smallest absolute Gasteiger partial charge is 0.410 e. The van der Waals surface area contributed by atoms with E-state index < -0.39 is 0 Å². The number of carbonyl (C=O) groups excluding carboxylic acids is 1. The van der Waals surface area contributed by atoms with Crippen molar-refractivity contribution in [2.24, 2.45) is 0 Å². The Morgan fingerprint density at radius 3 is 2.19 bits per heavy atom. The Kier molecular flexibility index (Phi) is 2.39. The Labute approximate surface area is 112 Å². The molecule has 90 valence electrons. The van der Waals surface area contributed by atoms with Crippen molar-refractivity contribution in [3.8, 4) is 0 Å². The van der Waals surface area contributed by atoms with Gasteiger partial charge in [-0.15, -0.1) is 0 Å². The van der Waals surface area contributed by atoms with Gasteiger partial charge in [0.2, 0.25) is 0 Å². The van der Waals surface area contributed by atoms with Crippen LogP contribution in [0.5, 0.6) is 0 Å². The van der Waals surface area contributed by atoms with Crippen LogP contribution in [0.1, 0.15) is 32.1 Å². The molecule has 1 amide bonds. The monoisotopic (exact) mass is 351 g/mol. The van der Waals surface area contributed by atoms with E-state index in [1.807, 2.05) is 4.90 Å². The highest BCUT2D eigenvalue weighted by molar-refractivity contribution is 9.12. The van der Waals surface area contributed by atoms with E-state index in [0.717, 1.165) is 25.7 Å².